The highest BCUT2D eigenvalue weighted by atomic mass is 19.4. The van der Waals surface area contributed by atoms with E-state index < -0.39 is 18.0 Å². The Bertz CT molecular complexity index is 932. The highest BCUT2D eigenvalue weighted by molar-refractivity contribution is 6.02. The van der Waals surface area contributed by atoms with Gasteiger partial charge in [-0.3, -0.25) is 9.59 Å². The van der Waals surface area contributed by atoms with Crippen LogP contribution >= 0.6 is 0 Å². The minimum absolute atomic E-state index is 0.105. The Hall–Kier alpha value is -3.60. The zero-order valence-corrected chi connectivity index (χ0v) is 14.7. The van der Waals surface area contributed by atoms with E-state index in [-0.39, 0.29) is 17.3 Å². The number of amides is 2. The van der Waals surface area contributed by atoms with Crippen LogP contribution in [-0.4, -0.2) is 18.0 Å². The van der Waals surface area contributed by atoms with Gasteiger partial charge in [-0.1, -0.05) is 42.5 Å². The molecule has 0 spiro atoms. The second kappa shape index (κ2) is 8.86. The van der Waals surface area contributed by atoms with E-state index in [9.17, 15) is 28.0 Å². The molecule has 8 heteroatoms. The van der Waals surface area contributed by atoms with Gasteiger partial charge in [0.25, 0.3) is 5.91 Å². The summed E-state index contributed by atoms with van der Waals surface area (Å²) < 4.78 is 37.0. The van der Waals surface area contributed by atoms with Crippen LogP contribution in [0.15, 0.2) is 60.2 Å². The van der Waals surface area contributed by atoms with Crippen molar-refractivity contribution in [3.05, 3.63) is 71.3 Å². The van der Waals surface area contributed by atoms with Crippen molar-refractivity contribution in [2.75, 3.05) is 5.32 Å². The van der Waals surface area contributed by atoms with Crippen molar-refractivity contribution in [1.82, 2.24) is 5.32 Å². The van der Waals surface area contributed by atoms with Gasteiger partial charge in [0.05, 0.1) is 6.04 Å². The Morgan fingerprint density at radius 3 is 2.39 bits per heavy atom. The number of nitriles is 1. The van der Waals surface area contributed by atoms with E-state index in [1.54, 1.807) is 18.3 Å². The van der Waals surface area contributed by atoms with Crippen LogP contribution < -0.4 is 10.6 Å². The lowest BCUT2D eigenvalue weighted by Crippen LogP contribution is -2.29. The van der Waals surface area contributed by atoms with Crippen LogP contribution in [0.1, 0.15) is 24.1 Å². The van der Waals surface area contributed by atoms with Gasteiger partial charge in [0.15, 0.2) is 0 Å². The van der Waals surface area contributed by atoms with Crippen LogP contribution in [0.5, 0.6) is 0 Å². The smallest absolute Gasteiger partial charge is 0.345 e. The highest BCUT2D eigenvalue weighted by Crippen LogP contribution is 2.20. The molecular formula is C20H16F3N3O2. The second-order valence-corrected chi connectivity index (χ2v) is 5.85. The summed E-state index contributed by atoms with van der Waals surface area (Å²) in [7, 11) is 0. The van der Waals surface area contributed by atoms with E-state index >= 15 is 0 Å². The maximum Gasteiger partial charge on any atom is 0.471 e. The molecule has 0 aliphatic rings. The summed E-state index contributed by atoms with van der Waals surface area (Å²) in [5, 5.41) is 13.7. The van der Waals surface area contributed by atoms with Gasteiger partial charge in [-0.2, -0.15) is 18.4 Å². The first-order chi connectivity index (χ1) is 13.2. The fraction of sp³-hybridized carbons (Fsp3) is 0.150. The summed E-state index contributed by atoms with van der Waals surface area (Å²) in [4.78, 5) is 23.4. The summed E-state index contributed by atoms with van der Waals surface area (Å²) in [6, 6.07) is 16.0. The Labute approximate surface area is 159 Å². The number of carbonyl (C=O) groups is 2. The van der Waals surface area contributed by atoms with Gasteiger partial charge in [-0.25, -0.2) is 0 Å². The van der Waals surface area contributed by atoms with Crippen LogP contribution in [0.3, 0.4) is 0 Å². The molecule has 0 aromatic heterocycles. The van der Waals surface area contributed by atoms with Crippen LogP contribution in [0.4, 0.5) is 18.9 Å². The van der Waals surface area contributed by atoms with E-state index in [0.717, 1.165) is 5.56 Å². The van der Waals surface area contributed by atoms with Crippen molar-refractivity contribution in [1.29, 1.82) is 5.26 Å². The molecule has 2 aromatic rings. The third kappa shape index (κ3) is 5.71. The molecule has 2 aromatic carbocycles. The van der Waals surface area contributed by atoms with Gasteiger partial charge in [0.1, 0.15) is 11.6 Å². The third-order valence-corrected chi connectivity index (χ3v) is 3.73. The molecule has 0 saturated heterocycles. The first-order valence-electron chi connectivity index (χ1n) is 8.16. The summed E-state index contributed by atoms with van der Waals surface area (Å²) in [6.45, 7) is 1.76. The monoisotopic (exact) mass is 387 g/mol. The number of carbonyl (C=O) groups excluding carboxylic acids is 2. The maximum atomic E-state index is 12.3. The number of nitrogens with zero attached hydrogens (tertiary/aromatic N) is 1. The highest BCUT2D eigenvalue weighted by Gasteiger charge is 2.38. The molecule has 2 N–H and O–H groups in total. The minimum Gasteiger partial charge on any atom is -0.345 e. The lowest BCUT2D eigenvalue weighted by molar-refractivity contribution is -0.167. The predicted octanol–water partition coefficient (Wildman–Crippen LogP) is 3.97. The molecule has 0 aliphatic carbocycles. The summed E-state index contributed by atoms with van der Waals surface area (Å²) in [5.74, 6) is -2.73. The molecule has 0 fully saturated rings. The fourth-order valence-corrected chi connectivity index (χ4v) is 2.32. The Balaban J connectivity index is 2.15. The van der Waals surface area contributed by atoms with Gasteiger partial charge in [0, 0.05) is 5.69 Å². The minimum atomic E-state index is -5.02. The topological polar surface area (TPSA) is 82.0 Å². The quantitative estimate of drug-likeness (QED) is 0.602. The molecule has 0 saturated carbocycles. The second-order valence-electron chi connectivity index (χ2n) is 5.85. The summed E-state index contributed by atoms with van der Waals surface area (Å²) in [6.07, 6.45) is -3.78. The lowest BCUT2D eigenvalue weighted by Gasteiger charge is -2.13. The largest absolute Gasteiger partial charge is 0.471 e. The van der Waals surface area contributed by atoms with Gasteiger partial charge in [-0.05, 0) is 36.3 Å². The molecule has 5 nitrogen and oxygen atoms in total. The molecule has 0 radical (unpaired) electrons. The van der Waals surface area contributed by atoms with Crippen molar-refractivity contribution in [2.45, 2.75) is 19.1 Å². The zero-order chi connectivity index (χ0) is 20.7. The van der Waals surface area contributed by atoms with E-state index in [2.05, 4.69) is 5.32 Å². The number of alkyl halides is 3. The molecule has 0 heterocycles. The number of hydrogen-bond donors (Lipinski definition) is 2. The van der Waals surface area contributed by atoms with Gasteiger partial charge in [0.2, 0.25) is 0 Å². The summed E-state index contributed by atoms with van der Waals surface area (Å²) in [5.41, 5.74) is 0.817. The van der Waals surface area contributed by atoms with Crippen LogP contribution in [-0.2, 0) is 9.59 Å². The first-order valence-corrected chi connectivity index (χ1v) is 8.16. The first kappa shape index (κ1) is 20.7. The zero-order valence-electron chi connectivity index (χ0n) is 14.7. The van der Waals surface area contributed by atoms with Crippen molar-refractivity contribution in [2.24, 2.45) is 0 Å². The molecule has 2 rings (SSSR count). The van der Waals surface area contributed by atoms with Crippen LogP contribution in [0.2, 0.25) is 0 Å². The summed E-state index contributed by atoms with van der Waals surface area (Å²) >= 11 is 0. The molecular weight excluding hydrogens is 371 g/mol. The number of hydrogen-bond acceptors (Lipinski definition) is 3. The van der Waals surface area contributed by atoms with Crippen molar-refractivity contribution >= 4 is 23.6 Å². The molecule has 2 amide bonds. The van der Waals surface area contributed by atoms with Gasteiger partial charge < -0.3 is 10.6 Å². The van der Waals surface area contributed by atoms with E-state index in [1.807, 2.05) is 30.3 Å². The average molecular weight is 387 g/mol. The van der Waals surface area contributed by atoms with E-state index in [0.29, 0.717) is 5.56 Å². The number of halogens is 3. The SMILES string of the molecule is CC(NC(=O)/C(C#N)=C/c1cccc(NC(=O)C(F)(F)F)c1)c1ccccc1. The van der Waals surface area contributed by atoms with Gasteiger partial charge >= 0.3 is 12.1 Å². The predicted molar refractivity (Wildman–Crippen MR) is 97.7 cm³/mol. The van der Waals surface area contributed by atoms with Crippen LogP contribution in [0, 0.1) is 11.3 Å². The maximum absolute atomic E-state index is 12.3. The van der Waals surface area contributed by atoms with E-state index in [1.165, 1.54) is 30.3 Å². The number of benzene rings is 2. The lowest BCUT2D eigenvalue weighted by atomic mass is 10.1. The molecule has 28 heavy (non-hydrogen) atoms. The number of rotatable bonds is 5. The number of anilines is 1. The molecule has 0 aliphatic heterocycles. The average Bonchev–Trinajstić information content (AvgIpc) is 2.66. The molecule has 1 unspecified atom stereocenters. The molecule has 0 bridgehead atoms. The standard InChI is InChI=1S/C20H16F3N3O2/c1-13(15-7-3-2-4-8-15)25-18(27)16(12-24)10-14-6-5-9-17(11-14)26-19(28)20(21,22)23/h2-11,13H,1H3,(H,25,27)(H,26,28)/b16-10+. The van der Waals surface area contributed by atoms with Crippen molar-refractivity contribution in [3.63, 3.8) is 0 Å². The molecule has 1 atom stereocenters. The number of nitrogens with one attached hydrogen (secondary N) is 2. The third-order valence-electron chi connectivity index (χ3n) is 3.73. The van der Waals surface area contributed by atoms with Gasteiger partial charge in [-0.15, -0.1) is 0 Å². The Kier molecular flexibility index (Phi) is 6.55. The molecule has 144 valence electrons. The van der Waals surface area contributed by atoms with E-state index in [4.69, 9.17) is 0 Å². The van der Waals surface area contributed by atoms with Crippen molar-refractivity contribution in [3.8, 4) is 6.07 Å². The normalized spacial score (nSPS) is 12.6. The fourth-order valence-electron chi connectivity index (χ4n) is 2.32. The Morgan fingerprint density at radius 1 is 1.11 bits per heavy atom. The van der Waals surface area contributed by atoms with Crippen molar-refractivity contribution < 1.29 is 22.8 Å². The Morgan fingerprint density at radius 2 is 1.79 bits per heavy atom. The van der Waals surface area contributed by atoms with Crippen LogP contribution in [0.25, 0.3) is 6.08 Å².